The van der Waals surface area contributed by atoms with Gasteiger partial charge in [0.15, 0.2) is 0 Å². The van der Waals surface area contributed by atoms with E-state index in [2.05, 4.69) is 224 Å². The molecule has 341 valence electrons. The van der Waals surface area contributed by atoms with E-state index in [1.54, 1.807) is 0 Å². The zero-order chi connectivity index (χ0) is 47.4. The molecule has 2 unspecified atom stereocenters. The molecule has 6 aromatic rings. The summed E-state index contributed by atoms with van der Waals surface area (Å²) in [5.74, 6) is 1.16. The van der Waals surface area contributed by atoms with E-state index < -0.39 is 25.9 Å². The number of hydrogen-bond donors (Lipinski definition) is 0. The first-order valence-corrected chi connectivity index (χ1v) is 36.6. The number of rotatable bonds is 9. The third-order valence-electron chi connectivity index (χ3n) is 15.5. The predicted octanol–water partition coefficient (Wildman–Crippen LogP) is 16.2. The van der Waals surface area contributed by atoms with E-state index in [4.69, 9.17) is 0 Å². The summed E-state index contributed by atoms with van der Waals surface area (Å²) >= 11 is -5.84. The number of hydrogen-bond acceptors (Lipinski definition) is 0. The van der Waals surface area contributed by atoms with Crippen molar-refractivity contribution in [1.82, 2.24) is 0 Å². The third-order valence-corrected chi connectivity index (χ3v) is 38.2. The molecule has 0 saturated carbocycles. The van der Waals surface area contributed by atoms with Crippen LogP contribution in [0.4, 0.5) is 0 Å². The van der Waals surface area contributed by atoms with Crippen LogP contribution in [0.25, 0.3) is 45.5 Å². The van der Waals surface area contributed by atoms with Crippen LogP contribution in [0.1, 0.15) is 161 Å². The van der Waals surface area contributed by atoms with Gasteiger partial charge in [0.1, 0.15) is 0 Å². The van der Waals surface area contributed by atoms with Crippen LogP contribution in [0, 0.1) is 11.8 Å². The van der Waals surface area contributed by atoms with Crippen molar-refractivity contribution in [1.29, 1.82) is 0 Å². The molecule has 0 fully saturated rings. The van der Waals surface area contributed by atoms with Gasteiger partial charge in [-0.2, -0.15) is 0 Å². The fourth-order valence-electron chi connectivity index (χ4n) is 12.5. The Morgan fingerprint density at radius 3 is 1.29 bits per heavy atom. The topological polar surface area (TPSA) is 0 Å². The van der Waals surface area contributed by atoms with Crippen molar-refractivity contribution < 1.29 is 16.4 Å². The Labute approximate surface area is 408 Å². The van der Waals surface area contributed by atoms with Crippen LogP contribution >= 0.6 is 17.0 Å². The predicted molar refractivity (Wildman–Crippen MR) is 291 cm³/mol. The van der Waals surface area contributed by atoms with Crippen LogP contribution in [-0.2, 0) is 27.2 Å². The minimum atomic E-state index is -5.84. The molecule has 0 spiro atoms. The van der Waals surface area contributed by atoms with Gasteiger partial charge in [-0.1, -0.05) is 0 Å². The summed E-state index contributed by atoms with van der Waals surface area (Å²) in [4.78, 5) is 0. The van der Waals surface area contributed by atoms with Gasteiger partial charge in [-0.05, 0) is 0 Å². The Bertz CT molecular complexity index is 2830. The molecule has 0 amide bonds. The molecule has 3 aliphatic rings. The van der Waals surface area contributed by atoms with Gasteiger partial charge < -0.3 is 0 Å². The summed E-state index contributed by atoms with van der Waals surface area (Å²) in [5, 5.41) is 2.96. The van der Waals surface area contributed by atoms with E-state index in [-0.39, 0.29) is 29.9 Å². The zero-order valence-corrected chi connectivity index (χ0v) is 47.4. The summed E-state index contributed by atoms with van der Waals surface area (Å²) in [5.41, 5.74) is 21.4. The molecule has 0 nitrogen and oxygen atoms in total. The van der Waals surface area contributed by atoms with Crippen molar-refractivity contribution in [2.45, 2.75) is 127 Å². The molecule has 2 atom stereocenters. The molecular formula is C62H71Cl2SiZr. The summed E-state index contributed by atoms with van der Waals surface area (Å²) in [6.45, 7) is 33.1. The average Bonchev–Trinajstić information content (AvgIpc) is 3.98. The third kappa shape index (κ3) is 7.45. The van der Waals surface area contributed by atoms with Crippen molar-refractivity contribution >= 4 is 52.3 Å². The summed E-state index contributed by atoms with van der Waals surface area (Å²) in [7, 11) is 18.3. The minimum absolute atomic E-state index is 0.0959. The molecule has 0 saturated heterocycles. The molecule has 0 N–H and O–H groups in total. The standard InChI is InChI=1S/2C25H31.C12H9Si.2ClH.Zr/c2*1-16(2)19-14-18-12-13-23(25(5,6)7)24(22(18)15-19)21-11-9-8-10-20(21)17(3)4;1-3-7-11-9(5-1)10-6-2-4-8-12(10)13-11;;;/h2*8-17H,1-7H3;1-7H,13H2;2*1H;/q;;;;;+2/p-2. The van der Waals surface area contributed by atoms with Crippen molar-refractivity contribution in [2.75, 3.05) is 0 Å². The number of benzene rings is 6. The first kappa shape index (κ1) is 47.5. The molecule has 0 bridgehead atoms. The van der Waals surface area contributed by atoms with Gasteiger partial charge in [-0.3, -0.25) is 0 Å². The maximum absolute atomic E-state index is 9.63. The van der Waals surface area contributed by atoms with Gasteiger partial charge in [0.25, 0.3) is 0 Å². The quantitative estimate of drug-likeness (QED) is 0.126. The summed E-state index contributed by atoms with van der Waals surface area (Å²) < 4.78 is 0.988. The average molecular weight is 1010 g/mol. The molecule has 0 aromatic heterocycles. The number of fused-ring (bicyclic) bond motifs is 5. The Morgan fingerprint density at radius 2 is 0.864 bits per heavy atom. The maximum atomic E-state index is 9.63. The number of halogens is 2. The molecule has 6 aromatic carbocycles. The van der Waals surface area contributed by atoms with E-state index >= 15 is 0 Å². The van der Waals surface area contributed by atoms with Crippen LogP contribution in [0.5, 0.6) is 0 Å². The van der Waals surface area contributed by atoms with E-state index in [9.17, 15) is 17.0 Å². The monoisotopic (exact) mass is 1000 g/mol. The van der Waals surface area contributed by atoms with Gasteiger partial charge in [-0.25, -0.2) is 0 Å². The molecule has 1 heterocycles. The van der Waals surface area contributed by atoms with Crippen LogP contribution in [0.3, 0.4) is 0 Å². The molecular weight excluding hydrogens is 935 g/mol. The van der Waals surface area contributed by atoms with Gasteiger partial charge in [0.2, 0.25) is 0 Å². The van der Waals surface area contributed by atoms with E-state index in [1.807, 2.05) is 0 Å². The first-order valence-electron chi connectivity index (χ1n) is 24.8. The normalized spacial score (nSPS) is 17.8. The second-order valence-corrected chi connectivity index (χ2v) is 45.7. The van der Waals surface area contributed by atoms with Crippen molar-refractivity contribution in [3.8, 4) is 33.4 Å². The van der Waals surface area contributed by atoms with E-state index in [0.29, 0.717) is 11.8 Å². The summed E-state index contributed by atoms with van der Waals surface area (Å²) in [6.07, 6.45) is 5.17. The van der Waals surface area contributed by atoms with Crippen LogP contribution in [0.15, 0.2) is 126 Å². The van der Waals surface area contributed by atoms with Gasteiger partial charge in [0.05, 0.1) is 0 Å². The number of allylic oxidation sites excluding steroid dienone is 2. The summed E-state index contributed by atoms with van der Waals surface area (Å²) in [6, 6.07) is 44.3. The molecule has 9 rings (SSSR count). The molecule has 66 heavy (non-hydrogen) atoms. The fourth-order valence-corrected chi connectivity index (χ4v) is 40.7. The first-order chi connectivity index (χ1) is 31.0. The van der Waals surface area contributed by atoms with Gasteiger partial charge >= 0.3 is 412 Å². The SMILES string of the molecule is CC(C)C1=Cc2c(ccc(C(C)(C)C)c2-c2ccccc2C(C)C)[CH]1[Zr]([Cl])([Cl])([c]1cccc2c1[SiH2]c1ccccc1-2)[CH]1C(C(C)C)=Cc2c1ccc(C(C)(C)C)c2-c1ccccc1C(C)C. The Kier molecular flexibility index (Phi) is 12.1. The van der Waals surface area contributed by atoms with Crippen LogP contribution in [0.2, 0.25) is 0 Å². The van der Waals surface area contributed by atoms with Crippen molar-refractivity contribution in [2.24, 2.45) is 11.8 Å². The zero-order valence-electron chi connectivity index (χ0n) is 42.1. The van der Waals surface area contributed by atoms with Crippen LogP contribution < -0.4 is 13.6 Å². The molecule has 1 aliphatic heterocycles. The Balaban J connectivity index is 1.44. The van der Waals surface area contributed by atoms with Gasteiger partial charge in [-0.15, -0.1) is 0 Å². The van der Waals surface area contributed by atoms with Gasteiger partial charge in [0, 0.05) is 0 Å². The van der Waals surface area contributed by atoms with E-state index in [1.165, 1.54) is 103 Å². The molecule has 4 heteroatoms. The second kappa shape index (κ2) is 16.9. The fraction of sp³-hybridized carbons (Fsp3) is 0.355. The van der Waals surface area contributed by atoms with Crippen molar-refractivity contribution in [3.05, 3.63) is 171 Å². The molecule has 0 radical (unpaired) electrons. The second-order valence-electron chi connectivity index (χ2n) is 23.2. The Morgan fingerprint density at radius 1 is 0.455 bits per heavy atom. The molecule has 2 aliphatic carbocycles. The Hall–Kier alpha value is -3.52. The van der Waals surface area contributed by atoms with Crippen LogP contribution in [-0.4, -0.2) is 9.52 Å². The van der Waals surface area contributed by atoms with E-state index in [0.717, 1.165) is 0 Å². The van der Waals surface area contributed by atoms with Crippen molar-refractivity contribution in [3.63, 3.8) is 0 Å².